The van der Waals surface area contributed by atoms with Crippen LogP contribution in [0, 0.1) is 0 Å². The minimum atomic E-state index is 0.0125. The number of nitrogens with zero attached hydrogens (tertiary/aromatic N) is 4. The van der Waals surface area contributed by atoms with Crippen molar-refractivity contribution in [2.45, 2.75) is 18.8 Å². The molecule has 3 aromatic heterocycles. The maximum Gasteiger partial charge on any atom is 0.164 e. The van der Waals surface area contributed by atoms with Gasteiger partial charge in [0.05, 0.1) is 11.0 Å². The van der Waals surface area contributed by atoms with Gasteiger partial charge in [0.15, 0.2) is 17.5 Å². The molecule has 5 nitrogen and oxygen atoms in total. The van der Waals surface area contributed by atoms with E-state index in [2.05, 4.69) is 211 Å². The first-order chi connectivity index (χ1) is 33.2. The topological polar surface area (TPSA) is 56.7 Å². The molecule has 67 heavy (non-hydrogen) atoms. The predicted molar refractivity (Wildman–Crippen MR) is 275 cm³/mol. The number of hydrogen-bond acceptors (Lipinski definition) is 4. The highest BCUT2D eigenvalue weighted by atomic mass is 16.3. The lowest BCUT2D eigenvalue weighted by molar-refractivity contribution is 0.665. The van der Waals surface area contributed by atoms with Crippen LogP contribution in [0.5, 0.6) is 0 Å². The molecule has 0 amide bonds. The van der Waals surface area contributed by atoms with Gasteiger partial charge < -0.3 is 8.98 Å². The lowest BCUT2D eigenvalue weighted by atomic mass is 9.82. The Morgan fingerprint density at radius 1 is 0.388 bits per heavy atom. The smallest absolute Gasteiger partial charge is 0.164 e. The van der Waals surface area contributed by atoms with E-state index in [1.165, 1.54) is 43.8 Å². The van der Waals surface area contributed by atoms with Crippen molar-refractivity contribution >= 4 is 65.3 Å². The van der Waals surface area contributed by atoms with Crippen molar-refractivity contribution in [3.05, 3.63) is 229 Å². The first kappa shape index (κ1) is 37.7. The van der Waals surface area contributed by atoms with Crippen molar-refractivity contribution in [3.63, 3.8) is 0 Å². The molecule has 0 bridgehead atoms. The number of hydrogen-bond donors (Lipinski definition) is 0. The fourth-order valence-corrected chi connectivity index (χ4v) is 11.0. The number of benzene rings is 10. The molecular formula is C62H40N4O. The van der Waals surface area contributed by atoms with Crippen LogP contribution in [0.15, 0.2) is 217 Å². The van der Waals surface area contributed by atoms with Crippen LogP contribution in [0.25, 0.3) is 116 Å². The Labute approximate surface area is 386 Å². The lowest BCUT2D eigenvalue weighted by Gasteiger charge is -2.22. The third-order valence-electron chi connectivity index (χ3n) is 14.1. The number of aryl methyl sites for hydroxylation is 1. The van der Waals surface area contributed by atoms with E-state index in [0.717, 1.165) is 84.5 Å². The Kier molecular flexibility index (Phi) is 8.40. The molecule has 0 radical (unpaired) electrons. The van der Waals surface area contributed by atoms with E-state index in [-0.39, 0.29) is 5.92 Å². The van der Waals surface area contributed by atoms with Gasteiger partial charge in [-0.05, 0) is 111 Å². The summed E-state index contributed by atoms with van der Waals surface area (Å²) in [5.74, 6) is 1.88. The molecule has 5 heteroatoms. The molecule has 0 aliphatic heterocycles. The number of para-hydroxylation sites is 3. The summed E-state index contributed by atoms with van der Waals surface area (Å²) in [6.45, 7) is 0. The fourth-order valence-electron chi connectivity index (χ4n) is 11.0. The minimum absolute atomic E-state index is 0.0125. The van der Waals surface area contributed by atoms with Crippen molar-refractivity contribution in [2.75, 3.05) is 0 Å². The number of furan rings is 1. The molecule has 0 N–H and O–H groups in total. The summed E-state index contributed by atoms with van der Waals surface area (Å²) >= 11 is 0. The van der Waals surface area contributed by atoms with E-state index in [4.69, 9.17) is 19.4 Å². The van der Waals surface area contributed by atoms with Crippen LogP contribution >= 0.6 is 0 Å². The fraction of sp³-hybridized carbons (Fsp3) is 0.0484. The van der Waals surface area contributed by atoms with Gasteiger partial charge in [-0.3, -0.25) is 0 Å². The van der Waals surface area contributed by atoms with Crippen molar-refractivity contribution in [2.24, 2.45) is 0 Å². The van der Waals surface area contributed by atoms with Gasteiger partial charge in [-0.1, -0.05) is 164 Å². The van der Waals surface area contributed by atoms with Crippen molar-refractivity contribution in [3.8, 4) is 51.0 Å². The molecule has 13 aromatic rings. The van der Waals surface area contributed by atoms with Crippen LogP contribution in [0.3, 0.4) is 0 Å². The SMILES string of the molecule is c1ccc(-n2c3ccccc3c3ccc(-c4nc(-c5cc6c(cc5C5CCc7cc8ccccc8cc7-c7ccccc75)oc5ccccc56)nc(-c5cccc6ccccc56)n4)cc32)cc1. The van der Waals surface area contributed by atoms with E-state index >= 15 is 0 Å². The first-order valence-electron chi connectivity index (χ1n) is 23.1. The van der Waals surface area contributed by atoms with Gasteiger partial charge in [0, 0.05) is 49.8 Å². The van der Waals surface area contributed by atoms with Crippen LogP contribution in [-0.4, -0.2) is 19.5 Å². The molecule has 1 aliphatic carbocycles. The van der Waals surface area contributed by atoms with E-state index in [9.17, 15) is 0 Å². The third kappa shape index (κ3) is 6.05. The van der Waals surface area contributed by atoms with Gasteiger partial charge in [0.1, 0.15) is 11.2 Å². The predicted octanol–water partition coefficient (Wildman–Crippen LogP) is 15.9. The summed E-state index contributed by atoms with van der Waals surface area (Å²) in [7, 11) is 0. The van der Waals surface area contributed by atoms with E-state index < -0.39 is 0 Å². The molecule has 3 heterocycles. The van der Waals surface area contributed by atoms with Crippen LogP contribution in [0.2, 0.25) is 0 Å². The van der Waals surface area contributed by atoms with Gasteiger partial charge in [-0.25, -0.2) is 15.0 Å². The number of fused-ring (bicyclic) bond motifs is 11. The molecule has 1 aliphatic rings. The lowest BCUT2D eigenvalue weighted by Crippen LogP contribution is -2.07. The molecule has 314 valence electrons. The van der Waals surface area contributed by atoms with Crippen molar-refractivity contribution in [1.82, 2.24) is 19.5 Å². The largest absolute Gasteiger partial charge is 0.456 e. The summed E-state index contributed by atoms with van der Waals surface area (Å²) in [5.41, 5.74) is 14.2. The van der Waals surface area contributed by atoms with E-state index in [0.29, 0.717) is 17.5 Å². The van der Waals surface area contributed by atoms with Crippen molar-refractivity contribution < 1.29 is 4.42 Å². The minimum Gasteiger partial charge on any atom is -0.456 e. The van der Waals surface area contributed by atoms with Gasteiger partial charge in [-0.15, -0.1) is 0 Å². The van der Waals surface area contributed by atoms with Gasteiger partial charge in [-0.2, -0.15) is 0 Å². The van der Waals surface area contributed by atoms with Crippen LogP contribution < -0.4 is 0 Å². The standard InChI is InChI=1S/C62H40N4O/c1-2-19-43(20-3-1)66-56-27-12-10-24-48(56)49-32-30-42(35-57(49)66)60-63-61(51-26-14-18-38-15-6-7-21-44(38)51)65-62(64-60)55-36-54-50-25-11-13-28-58(50)67-59(54)37-53(55)47-31-29-41-33-39-16-4-5-17-40(39)34-52(41)46-23-9-8-22-45(46)47/h1-28,30,32-37,47H,29,31H2. The quantitative estimate of drug-likeness (QED) is 0.173. The molecular weight excluding hydrogens is 817 g/mol. The average molecular weight is 857 g/mol. The normalized spacial score (nSPS) is 13.7. The second-order valence-corrected chi connectivity index (χ2v) is 17.8. The van der Waals surface area contributed by atoms with Gasteiger partial charge in [0.25, 0.3) is 0 Å². The van der Waals surface area contributed by atoms with Gasteiger partial charge >= 0.3 is 0 Å². The zero-order chi connectivity index (χ0) is 44.0. The molecule has 0 saturated heterocycles. The number of rotatable bonds is 5. The Morgan fingerprint density at radius 2 is 1.04 bits per heavy atom. The monoisotopic (exact) mass is 856 g/mol. The van der Waals surface area contributed by atoms with Crippen LogP contribution in [0.4, 0.5) is 0 Å². The van der Waals surface area contributed by atoms with Crippen LogP contribution in [-0.2, 0) is 6.42 Å². The van der Waals surface area contributed by atoms with Crippen molar-refractivity contribution in [1.29, 1.82) is 0 Å². The molecule has 14 rings (SSSR count). The highest BCUT2D eigenvalue weighted by molar-refractivity contribution is 6.10. The Hall–Kier alpha value is -8.67. The zero-order valence-electron chi connectivity index (χ0n) is 36.4. The Balaban J connectivity index is 1.04. The molecule has 1 atom stereocenters. The Morgan fingerprint density at radius 3 is 1.93 bits per heavy atom. The van der Waals surface area contributed by atoms with E-state index in [1.807, 2.05) is 6.07 Å². The summed E-state index contributed by atoms with van der Waals surface area (Å²) in [5, 5.41) is 9.21. The summed E-state index contributed by atoms with van der Waals surface area (Å²) in [6, 6.07) is 76.1. The molecule has 10 aromatic carbocycles. The second kappa shape index (κ2) is 14.9. The maximum absolute atomic E-state index is 6.70. The summed E-state index contributed by atoms with van der Waals surface area (Å²) in [4.78, 5) is 16.5. The molecule has 0 fully saturated rings. The average Bonchev–Trinajstić information content (AvgIpc) is 3.87. The molecule has 0 saturated carbocycles. The number of aromatic nitrogens is 4. The van der Waals surface area contributed by atoms with Gasteiger partial charge in [0.2, 0.25) is 0 Å². The third-order valence-corrected chi connectivity index (χ3v) is 14.1. The highest BCUT2D eigenvalue weighted by Crippen LogP contribution is 2.47. The summed E-state index contributed by atoms with van der Waals surface area (Å²) in [6.07, 6.45) is 1.81. The second-order valence-electron chi connectivity index (χ2n) is 17.8. The van der Waals surface area contributed by atoms with Crippen LogP contribution in [0.1, 0.15) is 29.0 Å². The summed E-state index contributed by atoms with van der Waals surface area (Å²) < 4.78 is 9.05. The van der Waals surface area contributed by atoms with E-state index in [1.54, 1.807) is 0 Å². The molecule has 1 unspecified atom stereocenters. The maximum atomic E-state index is 6.70. The first-order valence-corrected chi connectivity index (χ1v) is 23.1. The molecule has 0 spiro atoms. The zero-order valence-corrected chi connectivity index (χ0v) is 36.4. The highest BCUT2D eigenvalue weighted by Gasteiger charge is 2.29. The Bertz CT molecular complexity index is 4120.